The normalized spacial score (nSPS) is 11.5. The van der Waals surface area contributed by atoms with Gasteiger partial charge in [0.25, 0.3) is 5.95 Å². The largest absolute Gasteiger partial charge is 0.391 e. The highest BCUT2D eigenvalue weighted by atomic mass is 16.5. The number of hydrogen-bond acceptors (Lipinski definition) is 6. The third-order valence-corrected chi connectivity index (χ3v) is 2.36. The smallest absolute Gasteiger partial charge is 0.266 e. The molecule has 110 valence electrons. The Morgan fingerprint density at radius 2 is 2.10 bits per heavy atom. The maximum atomic E-state index is 9.43. The monoisotopic (exact) mass is 279 g/mol. The molecule has 0 aromatic carbocycles. The first-order valence-corrected chi connectivity index (χ1v) is 6.56. The van der Waals surface area contributed by atoms with Crippen LogP contribution in [0.3, 0.4) is 0 Å². The molecular formula is C13H21N5O2. The number of aliphatic hydroxyl groups is 1. The lowest BCUT2D eigenvalue weighted by molar-refractivity contribution is 0.169. The Kier molecular flexibility index (Phi) is 6.08. The van der Waals surface area contributed by atoms with Crippen LogP contribution in [-0.4, -0.2) is 36.2 Å². The van der Waals surface area contributed by atoms with Crippen molar-refractivity contribution in [1.82, 2.24) is 19.7 Å². The van der Waals surface area contributed by atoms with Gasteiger partial charge in [-0.1, -0.05) is 13.8 Å². The summed E-state index contributed by atoms with van der Waals surface area (Å²) < 4.78 is 1.54. The van der Waals surface area contributed by atoms with E-state index in [9.17, 15) is 5.11 Å². The lowest BCUT2D eigenvalue weighted by Gasteiger charge is -2.07. The van der Waals surface area contributed by atoms with E-state index in [1.807, 2.05) is 32.3 Å². The zero-order chi connectivity index (χ0) is 15.1. The molecule has 0 aliphatic rings. The van der Waals surface area contributed by atoms with Gasteiger partial charge in [-0.2, -0.15) is 4.98 Å². The molecule has 2 aromatic rings. The number of anilines is 1. The number of aryl methyl sites for hydroxylation is 1. The first kappa shape index (κ1) is 16.1. The van der Waals surface area contributed by atoms with Gasteiger partial charge in [-0.05, 0) is 26.0 Å². The topological polar surface area (TPSA) is 96.1 Å². The molecule has 7 heteroatoms. The molecule has 0 spiro atoms. The highest BCUT2D eigenvalue weighted by Gasteiger charge is 2.13. The van der Waals surface area contributed by atoms with Gasteiger partial charge in [0.1, 0.15) is 0 Å². The predicted octanol–water partition coefficient (Wildman–Crippen LogP) is 1.86. The van der Waals surface area contributed by atoms with Gasteiger partial charge in [-0.3, -0.25) is 10.2 Å². The summed E-state index contributed by atoms with van der Waals surface area (Å²) in [5.41, 5.74) is 3.59. The highest BCUT2D eigenvalue weighted by Crippen LogP contribution is 2.19. The van der Waals surface area contributed by atoms with E-state index in [1.165, 1.54) is 4.68 Å². The zero-order valence-electron chi connectivity index (χ0n) is 12.2. The van der Waals surface area contributed by atoms with Gasteiger partial charge in [0.2, 0.25) is 0 Å². The van der Waals surface area contributed by atoms with E-state index < -0.39 is 6.10 Å². The summed E-state index contributed by atoms with van der Waals surface area (Å²) in [6, 6.07) is 3.67. The summed E-state index contributed by atoms with van der Waals surface area (Å²) >= 11 is 0. The van der Waals surface area contributed by atoms with Gasteiger partial charge in [-0.15, -0.1) is 5.10 Å². The molecule has 0 aliphatic heterocycles. The summed E-state index contributed by atoms with van der Waals surface area (Å²) in [4.78, 5) is 8.26. The van der Waals surface area contributed by atoms with Gasteiger partial charge in [0.05, 0.1) is 12.6 Å². The number of nitrogens with zero attached hydrogens (tertiary/aromatic N) is 4. The Hall–Kier alpha value is -1.99. The summed E-state index contributed by atoms with van der Waals surface area (Å²) in [6.07, 6.45) is 1.12. The average molecular weight is 279 g/mol. The first-order valence-electron chi connectivity index (χ1n) is 6.56. The third-order valence-electron chi connectivity index (χ3n) is 2.36. The molecule has 0 bridgehead atoms. The second-order valence-corrected chi connectivity index (χ2v) is 4.09. The van der Waals surface area contributed by atoms with Crippen LogP contribution >= 0.6 is 0 Å². The van der Waals surface area contributed by atoms with Crippen LogP contribution in [0.1, 0.15) is 26.5 Å². The van der Waals surface area contributed by atoms with Crippen molar-refractivity contribution in [3.63, 3.8) is 0 Å². The van der Waals surface area contributed by atoms with Crippen molar-refractivity contribution >= 4 is 5.95 Å². The fourth-order valence-electron chi connectivity index (χ4n) is 1.67. The average Bonchev–Trinajstić information content (AvgIpc) is 2.83. The van der Waals surface area contributed by atoms with Gasteiger partial charge < -0.3 is 5.11 Å². The minimum atomic E-state index is -0.556. The van der Waals surface area contributed by atoms with Gasteiger partial charge >= 0.3 is 0 Å². The van der Waals surface area contributed by atoms with E-state index in [1.54, 1.807) is 19.2 Å². The van der Waals surface area contributed by atoms with Crippen molar-refractivity contribution in [3.05, 3.63) is 24.0 Å². The molecule has 2 heterocycles. The first-order chi connectivity index (χ1) is 9.60. The molecule has 2 rings (SSSR count). The van der Waals surface area contributed by atoms with Crippen molar-refractivity contribution in [1.29, 1.82) is 0 Å². The van der Waals surface area contributed by atoms with Gasteiger partial charge in [-0.25, -0.2) is 10.2 Å². The highest BCUT2D eigenvalue weighted by molar-refractivity contribution is 5.56. The van der Waals surface area contributed by atoms with Gasteiger partial charge in [0, 0.05) is 17.5 Å². The zero-order valence-corrected chi connectivity index (χ0v) is 12.2. The quantitative estimate of drug-likeness (QED) is 0.739. The third kappa shape index (κ3) is 4.01. The van der Waals surface area contributed by atoms with Gasteiger partial charge in [0.15, 0.2) is 5.82 Å². The summed E-state index contributed by atoms with van der Waals surface area (Å²) in [7, 11) is 0. The minimum absolute atomic E-state index is 0.0973. The van der Waals surface area contributed by atoms with Crippen molar-refractivity contribution in [2.45, 2.75) is 40.3 Å². The molecule has 0 radical (unpaired) electrons. The molecule has 7 nitrogen and oxygen atoms in total. The molecule has 20 heavy (non-hydrogen) atoms. The molecular weight excluding hydrogens is 258 g/mol. The molecule has 0 saturated carbocycles. The summed E-state index contributed by atoms with van der Waals surface area (Å²) in [5.74, 6) is 0.665. The Morgan fingerprint density at radius 3 is 2.65 bits per heavy atom. The standard InChI is InChI=1S/C11H15N5O2.C2H6/c1-7-5-9(3-4-12-7)10-13-11(15-18)14-16(10)6-8(2)17;1-2/h3-5,8,17-18H,6H2,1-2H3,(H,14,15);1-2H3. The van der Waals surface area contributed by atoms with Crippen LogP contribution in [0.15, 0.2) is 18.3 Å². The Balaban J connectivity index is 0.000000956. The fourth-order valence-corrected chi connectivity index (χ4v) is 1.67. The van der Waals surface area contributed by atoms with Crippen LogP contribution in [0.2, 0.25) is 0 Å². The Morgan fingerprint density at radius 1 is 1.40 bits per heavy atom. The van der Waals surface area contributed by atoms with E-state index >= 15 is 0 Å². The number of nitrogens with one attached hydrogen (secondary N) is 1. The number of rotatable bonds is 4. The molecule has 1 atom stereocenters. The number of aliphatic hydroxyl groups excluding tert-OH is 1. The number of hydrogen-bond donors (Lipinski definition) is 3. The summed E-state index contributed by atoms with van der Waals surface area (Å²) in [6.45, 7) is 7.84. The van der Waals surface area contributed by atoms with E-state index in [2.05, 4.69) is 15.1 Å². The van der Waals surface area contributed by atoms with Crippen molar-refractivity contribution in [3.8, 4) is 11.4 Å². The molecule has 0 saturated heterocycles. The van der Waals surface area contributed by atoms with Crippen LogP contribution in [0, 0.1) is 6.92 Å². The van der Waals surface area contributed by atoms with Crippen LogP contribution in [0.4, 0.5) is 5.95 Å². The Bertz CT molecular complexity index is 539. The van der Waals surface area contributed by atoms with Crippen molar-refractivity contribution in [2.75, 3.05) is 5.48 Å². The lowest BCUT2D eigenvalue weighted by Crippen LogP contribution is -2.14. The van der Waals surface area contributed by atoms with Crippen molar-refractivity contribution in [2.24, 2.45) is 0 Å². The van der Waals surface area contributed by atoms with Crippen LogP contribution < -0.4 is 5.48 Å². The minimum Gasteiger partial charge on any atom is -0.391 e. The predicted molar refractivity (Wildman–Crippen MR) is 76.4 cm³/mol. The van der Waals surface area contributed by atoms with Crippen LogP contribution in [0.25, 0.3) is 11.4 Å². The molecule has 0 amide bonds. The molecule has 3 N–H and O–H groups in total. The fraction of sp³-hybridized carbons (Fsp3) is 0.462. The maximum absolute atomic E-state index is 9.43. The Labute approximate surface area is 118 Å². The summed E-state index contributed by atoms with van der Waals surface area (Å²) in [5, 5.41) is 22.3. The van der Waals surface area contributed by atoms with E-state index in [4.69, 9.17) is 5.21 Å². The molecule has 1 unspecified atom stereocenters. The number of pyridine rings is 1. The van der Waals surface area contributed by atoms with Crippen LogP contribution in [-0.2, 0) is 6.54 Å². The molecule has 2 aromatic heterocycles. The lowest BCUT2D eigenvalue weighted by atomic mass is 10.2. The number of aromatic nitrogens is 4. The molecule has 0 aliphatic carbocycles. The molecule has 0 fully saturated rings. The SMILES string of the molecule is CC.Cc1cc(-c2nc(NO)nn2CC(C)O)ccn1. The van der Waals surface area contributed by atoms with E-state index in [0.29, 0.717) is 12.4 Å². The van der Waals surface area contributed by atoms with E-state index in [0.717, 1.165) is 11.3 Å². The maximum Gasteiger partial charge on any atom is 0.266 e. The second kappa shape index (κ2) is 7.56. The van der Waals surface area contributed by atoms with Crippen LogP contribution in [0.5, 0.6) is 0 Å². The van der Waals surface area contributed by atoms with Crippen molar-refractivity contribution < 1.29 is 10.3 Å². The second-order valence-electron chi connectivity index (χ2n) is 4.09. The van der Waals surface area contributed by atoms with E-state index in [-0.39, 0.29) is 5.95 Å².